The molecule has 6 heteroatoms. The van der Waals surface area contributed by atoms with Gasteiger partial charge in [0.25, 0.3) is 5.56 Å². The summed E-state index contributed by atoms with van der Waals surface area (Å²) in [6, 6.07) is 7.27. The van der Waals surface area contributed by atoms with Crippen molar-refractivity contribution in [1.82, 2.24) is 20.0 Å². The number of rotatable bonds is 5. The van der Waals surface area contributed by atoms with Crippen LogP contribution in [0.4, 0.5) is 0 Å². The zero-order valence-corrected chi connectivity index (χ0v) is 13.0. The number of aromatic nitrogens is 2. The molecule has 0 atom stereocenters. The van der Waals surface area contributed by atoms with Crippen molar-refractivity contribution in [3.05, 3.63) is 52.5 Å². The minimum atomic E-state index is -0.179. The van der Waals surface area contributed by atoms with E-state index in [2.05, 4.69) is 10.4 Å². The minimum absolute atomic E-state index is 0.142. The molecule has 1 aromatic heterocycles. The molecular weight excluding hydrogens is 280 g/mol. The van der Waals surface area contributed by atoms with Gasteiger partial charge in [0.2, 0.25) is 5.91 Å². The third kappa shape index (κ3) is 3.79. The molecule has 2 aromatic rings. The average molecular weight is 300 g/mol. The van der Waals surface area contributed by atoms with Gasteiger partial charge < -0.3 is 10.2 Å². The molecule has 0 unspecified atom stereocenters. The highest BCUT2D eigenvalue weighted by Crippen LogP contribution is 2.12. The summed E-state index contributed by atoms with van der Waals surface area (Å²) >= 11 is 0. The lowest BCUT2D eigenvalue weighted by Crippen LogP contribution is -2.26. The zero-order valence-electron chi connectivity index (χ0n) is 13.0. The number of nitrogens with zero attached hydrogens (tertiary/aromatic N) is 3. The summed E-state index contributed by atoms with van der Waals surface area (Å²) in [5.41, 5.74) is 0.531. The van der Waals surface area contributed by atoms with E-state index in [9.17, 15) is 9.59 Å². The maximum absolute atomic E-state index is 12.0. The number of carbonyl (C=O) groups excluding carboxylic acids is 1. The van der Waals surface area contributed by atoms with Gasteiger partial charge in [0, 0.05) is 25.1 Å². The highest BCUT2D eigenvalue weighted by atomic mass is 16.1. The van der Waals surface area contributed by atoms with Crippen LogP contribution in [0.5, 0.6) is 0 Å². The zero-order chi connectivity index (χ0) is 16.1. The summed E-state index contributed by atoms with van der Waals surface area (Å²) in [5.74, 6) is -0.179. The minimum Gasteiger partial charge on any atom is -0.347 e. The van der Waals surface area contributed by atoms with Gasteiger partial charge in [0.15, 0.2) is 0 Å². The van der Waals surface area contributed by atoms with Crippen LogP contribution < -0.4 is 10.9 Å². The number of carbonyl (C=O) groups is 1. The molecule has 0 aliphatic rings. The van der Waals surface area contributed by atoms with Gasteiger partial charge >= 0.3 is 0 Å². The van der Waals surface area contributed by atoms with Gasteiger partial charge in [-0.05, 0) is 20.2 Å². The van der Waals surface area contributed by atoms with Crippen LogP contribution in [0.25, 0.3) is 10.8 Å². The number of benzene rings is 1. The molecule has 0 saturated carbocycles. The third-order valence-corrected chi connectivity index (χ3v) is 3.20. The molecule has 0 aliphatic heterocycles. The quantitative estimate of drug-likeness (QED) is 0.824. The van der Waals surface area contributed by atoms with Gasteiger partial charge in [0.1, 0.15) is 0 Å². The summed E-state index contributed by atoms with van der Waals surface area (Å²) in [7, 11) is 5.47. The van der Waals surface area contributed by atoms with E-state index in [0.717, 1.165) is 5.39 Å². The van der Waals surface area contributed by atoms with Gasteiger partial charge in [-0.1, -0.05) is 24.3 Å². The Bertz CT molecular complexity index is 762. The maximum atomic E-state index is 12.0. The van der Waals surface area contributed by atoms with Crippen molar-refractivity contribution in [2.24, 2.45) is 7.05 Å². The lowest BCUT2D eigenvalue weighted by atomic mass is 10.1. The Balaban J connectivity index is 2.15. The van der Waals surface area contributed by atoms with Crippen LogP contribution in [-0.4, -0.2) is 41.2 Å². The smallest absolute Gasteiger partial charge is 0.274 e. The molecule has 1 N–H and O–H groups in total. The van der Waals surface area contributed by atoms with Crippen LogP contribution in [0.1, 0.15) is 5.69 Å². The SMILES string of the molecule is CN(C)C/C=C/C(=O)NCc1nn(C)c(=O)c2ccccc12. The molecule has 0 aliphatic carbocycles. The Labute approximate surface area is 129 Å². The molecule has 1 heterocycles. The number of nitrogens with one attached hydrogen (secondary N) is 1. The van der Waals surface area contributed by atoms with E-state index in [1.807, 2.05) is 37.2 Å². The number of fused-ring (bicyclic) bond motifs is 1. The Morgan fingerprint density at radius 3 is 2.68 bits per heavy atom. The number of hydrogen-bond donors (Lipinski definition) is 1. The van der Waals surface area contributed by atoms with E-state index < -0.39 is 0 Å². The molecule has 6 nitrogen and oxygen atoms in total. The first kappa shape index (κ1) is 15.9. The van der Waals surface area contributed by atoms with Crippen LogP contribution in [0, 0.1) is 0 Å². The number of likely N-dealkylation sites (N-methyl/N-ethyl adjacent to an activating group) is 1. The summed E-state index contributed by atoms with van der Waals surface area (Å²) in [6.45, 7) is 0.980. The fourth-order valence-electron chi connectivity index (χ4n) is 2.11. The van der Waals surface area contributed by atoms with E-state index >= 15 is 0 Å². The Morgan fingerprint density at radius 2 is 2.00 bits per heavy atom. The third-order valence-electron chi connectivity index (χ3n) is 3.20. The number of amides is 1. The fourth-order valence-corrected chi connectivity index (χ4v) is 2.11. The predicted molar refractivity (Wildman–Crippen MR) is 86.5 cm³/mol. The summed E-state index contributed by atoms with van der Waals surface area (Å²) in [5, 5.41) is 8.40. The van der Waals surface area contributed by atoms with E-state index in [1.54, 1.807) is 19.2 Å². The van der Waals surface area contributed by atoms with E-state index in [1.165, 1.54) is 10.8 Å². The van der Waals surface area contributed by atoms with Gasteiger partial charge in [-0.15, -0.1) is 0 Å². The lowest BCUT2D eigenvalue weighted by molar-refractivity contribution is -0.116. The van der Waals surface area contributed by atoms with E-state index in [-0.39, 0.29) is 18.0 Å². The van der Waals surface area contributed by atoms with Crippen molar-refractivity contribution in [1.29, 1.82) is 0 Å². The molecule has 1 amide bonds. The van der Waals surface area contributed by atoms with Crippen molar-refractivity contribution in [2.45, 2.75) is 6.54 Å². The molecule has 0 radical (unpaired) electrons. The number of aryl methyl sites for hydroxylation is 1. The van der Waals surface area contributed by atoms with Crippen LogP contribution in [-0.2, 0) is 18.4 Å². The van der Waals surface area contributed by atoms with E-state index in [0.29, 0.717) is 17.6 Å². The highest BCUT2D eigenvalue weighted by molar-refractivity contribution is 5.88. The van der Waals surface area contributed by atoms with Gasteiger partial charge in [0.05, 0.1) is 17.6 Å². The van der Waals surface area contributed by atoms with Crippen LogP contribution in [0.3, 0.4) is 0 Å². The standard InChI is InChI=1S/C16H20N4O2/c1-19(2)10-6-9-15(21)17-11-14-12-7-4-5-8-13(12)16(22)20(3)18-14/h4-9H,10-11H2,1-3H3,(H,17,21)/b9-6+. The molecule has 22 heavy (non-hydrogen) atoms. The second-order valence-electron chi connectivity index (χ2n) is 5.30. The van der Waals surface area contributed by atoms with Crippen molar-refractivity contribution in [2.75, 3.05) is 20.6 Å². The number of hydrogen-bond acceptors (Lipinski definition) is 4. The Kier molecular flexibility index (Phi) is 5.06. The molecule has 0 saturated heterocycles. The van der Waals surface area contributed by atoms with Gasteiger partial charge in [-0.25, -0.2) is 4.68 Å². The largest absolute Gasteiger partial charge is 0.347 e. The van der Waals surface area contributed by atoms with Crippen molar-refractivity contribution in [3.8, 4) is 0 Å². The lowest BCUT2D eigenvalue weighted by Gasteiger charge is -2.08. The van der Waals surface area contributed by atoms with Crippen LogP contribution in [0.2, 0.25) is 0 Å². The Hall–Kier alpha value is -2.47. The molecule has 116 valence electrons. The fraction of sp³-hybridized carbons (Fsp3) is 0.312. The first-order chi connectivity index (χ1) is 10.5. The molecular formula is C16H20N4O2. The topological polar surface area (TPSA) is 67.2 Å². The van der Waals surface area contributed by atoms with Crippen molar-refractivity contribution < 1.29 is 4.79 Å². The summed E-state index contributed by atoms with van der Waals surface area (Å²) < 4.78 is 1.30. The Morgan fingerprint density at radius 1 is 1.32 bits per heavy atom. The molecule has 1 aromatic carbocycles. The molecule has 0 spiro atoms. The van der Waals surface area contributed by atoms with Gasteiger partial charge in [-0.3, -0.25) is 9.59 Å². The van der Waals surface area contributed by atoms with Crippen LogP contribution >= 0.6 is 0 Å². The van der Waals surface area contributed by atoms with E-state index in [4.69, 9.17) is 0 Å². The van der Waals surface area contributed by atoms with Crippen molar-refractivity contribution in [3.63, 3.8) is 0 Å². The first-order valence-corrected chi connectivity index (χ1v) is 7.03. The summed E-state index contributed by atoms with van der Waals surface area (Å²) in [6.07, 6.45) is 3.30. The highest BCUT2D eigenvalue weighted by Gasteiger charge is 2.08. The second-order valence-corrected chi connectivity index (χ2v) is 5.30. The summed E-state index contributed by atoms with van der Waals surface area (Å²) in [4.78, 5) is 25.8. The maximum Gasteiger partial charge on any atom is 0.274 e. The first-order valence-electron chi connectivity index (χ1n) is 7.03. The molecule has 0 bridgehead atoms. The normalized spacial score (nSPS) is 11.5. The second kappa shape index (κ2) is 7.00. The predicted octanol–water partition coefficient (Wildman–Crippen LogP) is 0.668. The van der Waals surface area contributed by atoms with Crippen molar-refractivity contribution >= 4 is 16.7 Å². The van der Waals surface area contributed by atoms with Crippen LogP contribution in [0.15, 0.2) is 41.2 Å². The molecule has 2 rings (SSSR count). The average Bonchev–Trinajstić information content (AvgIpc) is 2.49. The monoisotopic (exact) mass is 300 g/mol. The molecule has 0 fully saturated rings. The van der Waals surface area contributed by atoms with Gasteiger partial charge in [-0.2, -0.15) is 5.10 Å².